The highest BCUT2D eigenvalue weighted by Gasteiger charge is 2.21. The molecule has 8 heteroatoms. The maximum Gasteiger partial charge on any atom is 0.341 e. The molecule has 0 atom stereocenters. The lowest BCUT2D eigenvalue weighted by atomic mass is 10.1. The number of esters is 2. The molecular weight excluding hydrogens is 346 g/mol. The van der Waals surface area contributed by atoms with Crippen LogP contribution in [-0.2, 0) is 19.1 Å². The van der Waals surface area contributed by atoms with Crippen molar-refractivity contribution in [1.82, 2.24) is 0 Å². The summed E-state index contributed by atoms with van der Waals surface area (Å²) in [5.41, 5.74) is 1.05. The fourth-order valence-electron chi connectivity index (χ4n) is 1.95. The summed E-state index contributed by atoms with van der Waals surface area (Å²) in [6.07, 6.45) is 4.06. The number of amides is 1. The van der Waals surface area contributed by atoms with Crippen molar-refractivity contribution < 1.29 is 28.3 Å². The zero-order chi connectivity index (χ0) is 18.4. The van der Waals surface area contributed by atoms with Crippen LogP contribution < -0.4 is 5.32 Å². The average molecular weight is 363 g/mol. The van der Waals surface area contributed by atoms with Crippen molar-refractivity contribution in [2.75, 3.05) is 19.0 Å². The summed E-state index contributed by atoms with van der Waals surface area (Å²) in [5, 5.41) is 2.94. The van der Waals surface area contributed by atoms with Gasteiger partial charge in [0.25, 0.3) is 5.91 Å². The molecule has 2 aromatic heterocycles. The van der Waals surface area contributed by atoms with Crippen molar-refractivity contribution in [3.05, 3.63) is 46.2 Å². The second kappa shape index (κ2) is 8.29. The molecule has 2 rings (SSSR count). The molecule has 2 heterocycles. The van der Waals surface area contributed by atoms with E-state index in [1.807, 2.05) is 6.92 Å². The molecule has 1 amide bonds. The van der Waals surface area contributed by atoms with Crippen LogP contribution in [0, 0.1) is 13.8 Å². The first kappa shape index (κ1) is 18.5. The Kier molecular flexibility index (Phi) is 6.13. The van der Waals surface area contributed by atoms with E-state index >= 15 is 0 Å². The fourth-order valence-corrected chi connectivity index (χ4v) is 3.01. The molecule has 25 heavy (non-hydrogen) atoms. The van der Waals surface area contributed by atoms with Crippen molar-refractivity contribution in [2.45, 2.75) is 13.8 Å². The van der Waals surface area contributed by atoms with Crippen molar-refractivity contribution in [1.29, 1.82) is 0 Å². The van der Waals surface area contributed by atoms with Gasteiger partial charge in [-0.15, -0.1) is 11.3 Å². The van der Waals surface area contributed by atoms with Crippen LogP contribution in [0.4, 0.5) is 5.00 Å². The van der Waals surface area contributed by atoms with E-state index in [2.05, 4.69) is 5.32 Å². The third kappa shape index (κ3) is 4.80. The fraction of sp³-hybridized carbons (Fsp3) is 0.235. The molecule has 0 bridgehead atoms. The predicted molar refractivity (Wildman–Crippen MR) is 92.5 cm³/mol. The minimum atomic E-state index is -0.682. The first-order valence-corrected chi connectivity index (χ1v) is 8.10. The van der Waals surface area contributed by atoms with Gasteiger partial charge in [-0.2, -0.15) is 0 Å². The molecular formula is C17H17NO6S. The molecule has 7 nitrogen and oxygen atoms in total. The summed E-state index contributed by atoms with van der Waals surface area (Å²) in [6.45, 7) is 3.13. The summed E-state index contributed by atoms with van der Waals surface area (Å²) < 4.78 is 14.6. The maximum atomic E-state index is 12.0. The zero-order valence-electron chi connectivity index (χ0n) is 14.0. The minimum absolute atomic E-state index is 0.308. The van der Waals surface area contributed by atoms with Crippen LogP contribution in [0.25, 0.3) is 6.08 Å². The number of nitrogens with one attached hydrogen (secondary N) is 1. The highest BCUT2D eigenvalue weighted by Crippen LogP contribution is 2.32. The van der Waals surface area contributed by atoms with Gasteiger partial charge >= 0.3 is 11.9 Å². The van der Waals surface area contributed by atoms with E-state index in [4.69, 9.17) is 13.9 Å². The average Bonchev–Trinajstić information content (AvgIpc) is 3.19. The van der Waals surface area contributed by atoms with Gasteiger partial charge in [-0.25, -0.2) is 9.59 Å². The monoisotopic (exact) mass is 363 g/mol. The van der Waals surface area contributed by atoms with Gasteiger partial charge in [0.2, 0.25) is 0 Å². The van der Waals surface area contributed by atoms with Gasteiger partial charge in [0.1, 0.15) is 10.8 Å². The van der Waals surface area contributed by atoms with Crippen LogP contribution in [0.1, 0.15) is 26.6 Å². The van der Waals surface area contributed by atoms with Crippen LogP contribution in [0.3, 0.4) is 0 Å². The van der Waals surface area contributed by atoms with E-state index in [-0.39, 0.29) is 0 Å². The molecule has 0 aliphatic carbocycles. The SMILES string of the molecule is COC(=O)c1c(NC(=O)COC(=O)/C=C/c2ccco2)sc(C)c1C. The van der Waals surface area contributed by atoms with Crippen molar-refractivity contribution in [2.24, 2.45) is 0 Å². The van der Waals surface area contributed by atoms with Crippen molar-refractivity contribution in [3.63, 3.8) is 0 Å². The molecule has 0 radical (unpaired) electrons. The first-order chi connectivity index (χ1) is 11.9. The number of aryl methyl sites for hydroxylation is 1. The minimum Gasteiger partial charge on any atom is -0.465 e. The van der Waals surface area contributed by atoms with E-state index in [1.165, 1.54) is 30.8 Å². The van der Waals surface area contributed by atoms with Gasteiger partial charge in [-0.05, 0) is 37.6 Å². The van der Waals surface area contributed by atoms with E-state index in [0.717, 1.165) is 16.5 Å². The Hall–Kier alpha value is -2.87. The van der Waals surface area contributed by atoms with Crippen molar-refractivity contribution in [3.8, 4) is 0 Å². The summed E-state index contributed by atoms with van der Waals surface area (Å²) in [7, 11) is 1.27. The standard InChI is InChI=1S/C17H17NO6S/c1-10-11(2)25-16(15(10)17(21)22-3)18-13(19)9-24-14(20)7-6-12-5-4-8-23-12/h4-8H,9H2,1-3H3,(H,18,19)/b7-6+. The number of hydrogen-bond acceptors (Lipinski definition) is 7. The third-order valence-corrected chi connectivity index (χ3v) is 4.42. The van der Waals surface area contributed by atoms with Gasteiger partial charge < -0.3 is 19.2 Å². The quantitative estimate of drug-likeness (QED) is 0.626. The summed E-state index contributed by atoms with van der Waals surface area (Å²) in [6, 6.07) is 3.36. The van der Waals surface area contributed by atoms with Gasteiger partial charge in [-0.1, -0.05) is 0 Å². The Morgan fingerprint density at radius 1 is 1.32 bits per heavy atom. The molecule has 2 aromatic rings. The van der Waals surface area contributed by atoms with Crippen molar-refractivity contribution >= 4 is 40.3 Å². The maximum absolute atomic E-state index is 12.0. The normalized spacial score (nSPS) is 10.7. The number of carbonyl (C=O) groups is 3. The number of hydrogen-bond donors (Lipinski definition) is 1. The Labute approximate surface area is 148 Å². The summed E-state index contributed by atoms with van der Waals surface area (Å²) in [4.78, 5) is 36.3. The summed E-state index contributed by atoms with van der Waals surface area (Å²) in [5.74, 6) is -1.27. The largest absolute Gasteiger partial charge is 0.465 e. The topological polar surface area (TPSA) is 94.8 Å². The van der Waals surface area contributed by atoms with E-state index in [0.29, 0.717) is 16.3 Å². The second-order valence-electron chi connectivity index (χ2n) is 4.98. The van der Waals surface area contributed by atoms with Crippen LogP contribution >= 0.6 is 11.3 Å². The zero-order valence-corrected chi connectivity index (χ0v) is 14.8. The van der Waals surface area contributed by atoms with Gasteiger partial charge in [0.05, 0.1) is 18.9 Å². The number of carbonyl (C=O) groups excluding carboxylic acids is 3. The van der Waals surface area contributed by atoms with Gasteiger partial charge in [0, 0.05) is 11.0 Å². The molecule has 0 unspecified atom stereocenters. The molecule has 0 saturated heterocycles. The van der Waals surface area contributed by atoms with Gasteiger partial charge in [-0.3, -0.25) is 4.79 Å². The summed E-state index contributed by atoms with van der Waals surface area (Å²) >= 11 is 1.26. The molecule has 0 aliphatic rings. The van der Waals surface area contributed by atoms with E-state index < -0.39 is 24.5 Å². The van der Waals surface area contributed by atoms with Crippen LogP contribution in [0.5, 0.6) is 0 Å². The number of ether oxygens (including phenoxy) is 2. The Bertz CT molecular complexity index is 803. The van der Waals surface area contributed by atoms with Gasteiger partial charge in [0.15, 0.2) is 6.61 Å². The molecule has 0 spiro atoms. The molecule has 132 valence electrons. The number of thiophene rings is 1. The lowest BCUT2D eigenvalue weighted by Gasteiger charge is -2.06. The predicted octanol–water partition coefficient (Wildman–Crippen LogP) is 2.94. The number of furan rings is 1. The molecule has 0 aliphatic heterocycles. The third-order valence-electron chi connectivity index (χ3n) is 3.30. The Morgan fingerprint density at radius 2 is 2.08 bits per heavy atom. The lowest BCUT2D eigenvalue weighted by molar-refractivity contribution is -0.142. The number of rotatable bonds is 6. The lowest BCUT2D eigenvalue weighted by Crippen LogP contribution is -2.21. The number of anilines is 1. The van der Waals surface area contributed by atoms with Crippen LogP contribution in [0.2, 0.25) is 0 Å². The molecule has 0 fully saturated rings. The first-order valence-electron chi connectivity index (χ1n) is 7.29. The molecule has 0 saturated carbocycles. The highest BCUT2D eigenvalue weighted by molar-refractivity contribution is 7.16. The second-order valence-corrected chi connectivity index (χ2v) is 6.21. The van der Waals surface area contributed by atoms with Crippen LogP contribution in [-0.4, -0.2) is 31.6 Å². The smallest absolute Gasteiger partial charge is 0.341 e. The highest BCUT2D eigenvalue weighted by atomic mass is 32.1. The van der Waals surface area contributed by atoms with Crippen LogP contribution in [0.15, 0.2) is 28.9 Å². The Balaban J connectivity index is 1.93. The Morgan fingerprint density at radius 3 is 2.72 bits per heavy atom. The molecule has 1 N–H and O–H groups in total. The number of methoxy groups -OCH3 is 1. The molecule has 0 aromatic carbocycles. The van der Waals surface area contributed by atoms with E-state index in [1.54, 1.807) is 19.1 Å². The van der Waals surface area contributed by atoms with E-state index in [9.17, 15) is 14.4 Å².